The van der Waals surface area contributed by atoms with E-state index in [1.165, 1.54) is 30.7 Å². The zero-order valence-electron chi connectivity index (χ0n) is 15.6. The van der Waals surface area contributed by atoms with E-state index >= 15 is 0 Å². The number of nitrogens with zero attached hydrogens (tertiary/aromatic N) is 3. The van der Waals surface area contributed by atoms with Gasteiger partial charge in [0.25, 0.3) is 0 Å². The number of nitriles is 1. The zero-order valence-corrected chi connectivity index (χ0v) is 16.3. The molecule has 0 saturated heterocycles. The van der Waals surface area contributed by atoms with E-state index in [1.54, 1.807) is 12.1 Å². The molecule has 0 amide bonds. The van der Waals surface area contributed by atoms with Crippen molar-refractivity contribution < 1.29 is 9.12 Å². The van der Waals surface area contributed by atoms with Crippen molar-refractivity contribution in [3.8, 4) is 6.07 Å². The molecule has 0 atom stereocenters. The van der Waals surface area contributed by atoms with E-state index < -0.39 is 5.82 Å². The van der Waals surface area contributed by atoms with Gasteiger partial charge in [-0.05, 0) is 42.5 Å². The Labute approximate surface area is 176 Å². The first-order chi connectivity index (χ1) is 14.5. The predicted octanol–water partition coefficient (Wildman–Crippen LogP) is 4.89. The Morgan fingerprint density at radius 3 is 2.77 bits per heavy atom. The minimum Gasteiger partial charge on any atom is -0.619 e. The number of rotatable bonds is 5. The van der Waals surface area contributed by atoms with Crippen molar-refractivity contribution in [2.24, 2.45) is 0 Å². The van der Waals surface area contributed by atoms with Gasteiger partial charge in [-0.3, -0.25) is 4.98 Å². The summed E-state index contributed by atoms with van der Waals surface area (Å²) in [5.41, 5.74) is 3.75. The molecule has 0 saturated carbocycles. The quantitative estimate of drug-likeness (QED) is 0.355. The highest BCUT2D eigenvalue weighted by Gasteiger charge is 2.11. The molecule has 4 rings (SSSR count). The largest absolute Gasteiger partial charge is 0.619 e. The van der Waals surface area contributed by atoms with Crippen LogP contribution in [0.15, 0.2) is 67.1 Å². The molecular formula is C22H15ClFN5O. The van der Waals surface area contributed by atoms with E-state index in [0.717, 1.165) is 16.0 Å². The normalized spacial score (nSPS) is 10.6. The fourth-order valence-electron chi connectivity index (χ4n) is 3.05. The van der Waals surface area contributed by atoms with Crippen molar-refractivity contribution in [3.05, 3.63) is 94.3 Å². The summed E-state index contributed by atoms with van der Waals surface area (Å²) in [5, 5.41) is 28.1. The van der Waals surface area contributed by atoms with Crippen molar-refractivity contribution in [1.29, 1.82) is 5.26 Å². The van der Waals surface area contributed by atoms with Crippen LogP contribution in [-0.2, 0) is 6.54 Å². The number of nitrogens with one attached hydrogen (secondary N) is 2. The molecule has 6 nitrogen and oxygen atoms in total. The second-order valence-corrected chi connectivity index (χ2v) is 6.98. The summed E-state index contributed by atoms with van der Waals surface area (Å²) in [6.07, 6.45) is 4.41. The number of benzene rings is 2. The highest BCUT2D eigenvalue weighted by molar-refractivity contribution is 6.31. The summed E-state index contributed by atoms with van der Waals surface area (Å²) >= 11 is 5.88. The summed E-state index contributed by atoms with van der Waals surface area (Å²) in [4.78, 5) is 4.34. The molecule has 0 fully saturated rings. The number of pyridine rings is 2. The van der Waals surface area contributed by atoms with Gasteiger partial charge in [0.1, 0.15) is 11.9 Å². The smallest absolute Gasteiger partial charge is 0.185 e. The minimum atomic E-state index is -0.519. The van der Waals surface area contributed by atoms with Crippen LogP contribution in [-0.4, -0.2) is 4.98 Å². The first kappa shape index (κ1) is 19.4. The van der Waals surface area contributed by atoms with Gasteiger partial charge in [-0.25, -0.2) is 4.39 Å². The number of anilines is 3. The van der Waals surface area contributed by atoms with E-state index in [4.69, 9.17) is 11.6 Å². The lowest BCUT2D eigenvalue weighted by atomic mass is 10.1. The van der Waals surface area contributed by atoms with Crippen LogP contribution < -0.4 is 15.4 Å². The molecule has 2 aromatic heterocycles. The van der Waals surface area contributed by atoms with Crippen LogP contribution in [0.3, 0.4) is 0 Å². The van der Waals surface area contributed by atoms with Crippen LogP contribution in [0, 0.1) is 22.4 Å². The molecule has 0 bridgehead atoms. The Morgan fingerprint density at radius 1 is 1.17 bits per heavy atom. The lowest BCUT2D eigenvalue weighted by Gasteiger charge is -2.13. The van der Waals surface area contributed by atoms with Gasteiger partial charge in [-0.2, -0.15) is 9.99 Å². The molecule has 2 aromatic carbocycles. The van der Waals surface area contributed by atoms with E-state index in [0.29, 0.717) is 34.4 Å². The van der Waals surface area contributed by atoms with Gasteiger partial charge in [0.05, 0.1) is 21.8 Å². The second kappa shape index (κ2) is 8.23. The number of aromatic nitrogens is 2. The molecule has 2 N–H and O–H groups in total. The molecule has 0 spiro atoms. The van der Waals surface area contributed by atoms with Crippen LogP contribution in [0.25, 0.3) is 10.9 Å². The van der Waals surface area contributed by atoms with Gasteiger partial charge >= 0.3 is 0 Å². The molecule has 2 heterocycles. The van der Waals surface area contributed by atoms with Crippen LogP contribution in [0.2, 0.25) is 5.02 Å². The number of fused-ring (bicyclic) bond motifs is 1. The molecule has 8 heteroatoms. The van der Waals surface area contributed by atoms with E-state index in [2.05, 4.69) is 21.7 Å². The van der Waals surface area contributed by atoms with Crippen molar-refractivity contribution in [2.75, 3.05) is 10.6 Å². The standard InChI is InChI=1S/C22H15ClFN5O/c23-19-9-17(3-5-20(19)24)28-22-15(10-25)12-27-21-6-4-16(8-18(21)22)26-11-14-2-1-7-29(30)13-14/h1-9,12-13,26H,11H2,(H,27,28). The molecule has 4 aromatic rings. The van der Waals surface area contributed by atoms with Crippen molar-refractivity contribution in [3.63, 3.8) is 0 Å². The Morgan fingerprint density at radius 2 is 2.00 bits per heavy atom. The number of hydrogen-bond acceptors (Lipinski definition) is 5. The number of halogens is 2. The second-order valence-electron chi connectivity index (χ2n) is 6.57. The summed E-state index contributed by atoms with van der Waals surface area (Å²) in [5.74, 6) is -0.519. The Kier molecular flexibility index (Phi) is 5.33. The van der Waals surface area contributed by atoms with E-state index in [-0.39, 0.29) is 5.02 Å². The van der Waals surface area contributed by atoms with Gasteiger partial charge < -0.3 is 15.8 Å². The van der Waals surface area contributed by atoms with Gasteiger partial charge in [-0.15, -0.1) is 0 Å². The topological polar surface area (TPSA) is 87.7 Å². The highest BCUT2D eigenvalue weighted by atomic mass is 35.5. The monoisotopic (exact) mass is 419 g/mol. The molecule has 148 valence electrons. The molecule has 0 unspecified atom stereocenters. The Hall–Kier alpha value is -3.89. The maximum absolute atomic E-state index is 13.5. The fourth-order valence-corrected chi connectivity index (χ4v) is 3.23. The van der Waals surface area contributed by atoms with Crippen LogP contribution in [0.4, 0.5) is 21.5 Å². The third-order valence-corrected chi connectivity index (χ3v) is 4.80. The summed E-state index contributed by atoms with van der Waals surface area (Å²) in [6.45, 7) is 0.455. The van der Waals surface area contributed by atoms with Crippen LogP contribution in [0.1, 0.15) is 11.1 Å². The van der Waals surface area contributed by atoms with Crippen molar-refractivity contribution >= 4 is 39.6 Å². The third kappa shape index (κ3) is 4.09. The predicted molar refractivity (Wildman–Crippen MR) is 114 cm³/mol. The van der Waals surface area contributed by atoms with Gasteiger partial charge in [0, 0.05) is 41.1 Å². The summed E-state index contributed by atoms with van der Waals surface area (Å²) < 4.78 is 14.2. The Bertz CT molecular complexity index is 1290. The van der Waals surface area contributed by atoms with Gasteiger partial charge in [0.2, 0.25) is 0 Å². The molecular weight excluding hydrogens is 405 g/mol. The summed E-state index contributed by atoms with van der Waals surface area (Å²) in [7, 11) is 0. The maximum atomic E-state index is 13.5. The first-order valence-corrected chi connectivity index (χ1v) is 9.38. The van der Waals surface area contributed by atoms with E-state index in [9.17, 15) is 14.9 Å². The molecule has 0 radical (unpaired) electrons. The average Bonchev–Trinajstić information content (AvgIpc) is 2.75. The van der Waals surface area contributed by atoms with Crippen molar-refractivity contribution in [1.82, 2.24) is 4.98 Å². The Balaban J connectivity index is 1.69. The maximum Gasteiger partial charge on any atom is 0.185 e. The highest BCUT2D eigenvalue weighted by Crippen LogP contribution is 2.32. The lowest BCUT2D eigenvalue weighted by Crippen LogP contribution is -2.25. The van der Waals surface area contributed by atoms with Gasteiger partial charge in [0.15, 0.2) is 12.4 Å². The first-order valence-electron chi connectivity index (χ1n) is 9.00. The molecule has 0 aliphatic heterocycles. The lowest BCUT2D eigenvalue weighted by molar-refractivity contribution is -0.605. The number of hydrogen-bond donors (Lipinski definition) is 2. The van der Waals surface area contributed by atoms with Crippen molar-refractivity contribution in [2.45, 2.75) is 6.54 Å². The van der Waals surface area contributed by atoms with E-state index in [1.807, 2.05) is 24.3 Å². The SMILES string of the molecule is N#Cc1cnc2ccc(NCc3ccc[n+]([O-])c3)cc2c1Nc1ccc(F)c(Cl)c1. The molecule has 0 aliphatic rings. The minimum absolute atomic E-state index is 0.0160. The third-order valence-electron chi connectivity index (χ3n) is 4.51. The zero-order chi connectivity index (χ0) is 21.1. The van der Waals surface area contributed by atoms with Crippen LogP contribution in [0.5, 0.6) is 0 Å². The molecule has 30 heavy (non-hydrogen) atoms. The molecule has 0 aliphatic carbocycles. The average molecular weight is 420 g/mol. The summed E-state index contributed by atoms with van der Waals surface area (Å²) in [6, 6.07) is 15.5. The van der Waals surface area contributed by atoms with Gasteiger partial charge in [-0.1, -0.05) is 11.6 Å². The fraction of sp³-hybridized carbons (Fsp3) is 0.0455. The van der Waals surface area contributed by atoms with Crippen LogP contribution >= 0.6 is 11.6 Å².